The van der Waals surface area contributed by atoms with E-state index in [0.717, 1.165) is 36.1 Å². The molecule has 0 aliphatic heterocycles. The molecular weight excluding hydrogens is 236 g/mol. The summed E-state index contributed by atoms with van der Waals surface area (Å²) < 4.78 is 5.41. The Balaban J connectivity index is 2.43. The molecule has 0 amide bonds. The molecule has 1 atom stereocenters. The maximum absolute atomic E-state index is 9.52. The van der Waals surface area contributed by atoms with Gasteiger partial charge in [0.1, 0.15) is 5.75 Å². The lowest BCUT2D eigenvalue weighted by atomic mass is 9.63. The molecule has 1 aliphatic rings. The van der Waals surface area contributed by atoms with Gasteiger partial charge < -0.3 is 10.1 Å². The summed E-state index contributed by atoms with van der Waals surface area (Å²) in [4.78, 5) is 0. The van der Waals surface area contributed by atoms with Crippen molar-refractivity contribution in [2.75, 3.05) is 14.2 Å². The van der Waals surface area contributed by atoms with Crippen LogP contribution in [0.3, 0.4) is 0 Å². The summed E-state index contributed by atoms with van der Waals surface area (Å²) in [5, 5.41) is 12.9. The summed E-state index contributed by atoms with van der Waals surface area (Å²) in [6, 6.07) is 6.93. The van der Waals surface area contributed by atoms with E-state index in [1.165, 1.54) is 5.56 Å². The number of benzene rings is 1. The molecule has 0 saturated heterocycles. The van der Waals surface area contributed by atoms with Crippen LogP contribution in [0, 0.1) is 30.6 Å². The highest BCUT2D eigenvalue weighted by molar-refractivity contribution is 5.45. The Morgan fingerprint density at radius 3 is 2.21 bits per heavy atom. The number of aryl methyl sites for hydroxylation is 2. The SMILES string of the molecule is CNC(c1cc(C)c(OC)c(C)c1)C1(C#N)CCC1. The van der Waals surface area contributed by atoms with Gasteiger partial charge in [0.2, 0.25) is 0 Å². The zero-order valence-electron chi connectivity index (χ0n) is 12.2. The predicted octanol–water partition coefficient (Wildman–Crippen LogP) is 3.27. The van der Waals surface area contributed by atoms with Gasteiger partial charge in [-0.15, -0.1) is 0 Å². The highest BCUT2D eigenvalue weighted by Gasteiger charge is 2.44. The molecular formula is C16H22N2O. The van der Waals surface area contributed by atoms with Crippen molar-refractivity contribution < 1.29 is 4.74 Å². The molecule has 1 unspecified atom stereocenters. The van der Waals surface area contributed by atoms with Crippen molar-refractivity contribution in [3.8, 4) is 11.8 Å². The molecule has 1 aromatic rings. The zero-order valence-corrected chi connectivity index (χ0v) is 12.2. The molecule has 0 radical (unpaired) electrons. The number of nitrogens with one attached hydrogen (secondary N) is 1. The Bertz CT molecular complexity index is 489. The third-order valence-electron chi connectivity index (χ3n) is 4.33. The third-order valence-corrected chi connectivity index (χ3v) is 4.33. The molecule has 0 heterocycles. The third kappa shape index (κ3) is 2.21. The summed E-state index contributed by atoms with van der Waals surface area (Å²) in [7, 11) is 3.64. The Morgan fingerprint density at radius 2 is 1.89 bits per heavy atom. The van der Waals surface area contributed by atoms with Crippen molar-refractivity contribution in [2.45, 2.75) is 39.2 Å². The maximum atomic E-state index is 9.52. The van der Waals surface area contributed by atoms with Crippen LogP contribution in [0.25, 0.3) is 0 Å². The lowest BCUT2D eigenvalue weighted by Crippen LogP contribution is -2.40. The van der Waals surface area contributed by atoms with Crippen LogP contribution in [0.5, 0.6) is 5.75 Å². The van der Waals surface area contributed by atoms with Gasteiger partial charge in [0, 0.05) is 0 Å². The number of rotatable bonds is 4. The molecule has 1 aromatic carbocycles. The van der Waals surface area contributed by atoms with Crippen LogP contribution in [-0.2, 0) is 0 Å². The molecule has 1 fully saturated rings. The average Bonchev–Trinajstić information content (AvgIpc) is 2.33. The summed E-state index contributed by atoms with van der Waals surface area (Å²) >= 11 is 0. The highest BCUT2D eigenvalue weighted by Crippen LogP contribution is 2.50. The van der Waals surface area contributed by atoms with Crippen LogP contribution >= 0.6 is 0 Å². The largest absolute Gasteiger partial charge is 0.496 e. The van der Waals surface area contributed by atoms with Gasteiger partial charge in [0.15, 0.2) is 0 Å². The van der Waals surface area contributed by atoms with Crippen LogP contribution in [0.1, 0.15) is 42.0 Å². The van der Waals surface area contributed by atoms with E-state index in [0.29, 0.717) is 0 Å². The number of hydrogen-bond acceptors (Lipinski definition) is 3. The second-order valence-electron chi connectivity index (χ2n) is 5.53. The molecule has 3 heteroatoms. The van der Waals surface area contributed by atoms with Gasteiger partial charge >= 0.3 is 0 Å². The molecule has 0 spiro atoms. The van der Waals surface area contributed by atoms with Crippen molar-refractivity contribution in [1.29, 1.82) is 5.26 Å². The first-order valence-corrected chi connectivity index (χ1v) is 6.81. The van der Waals surface area contributed by atoms with Crippen molar-refractivity contribution in [3.63, 3.8) is 0 Å². The molecule has 19 heavy (non-hydrogen) atoms. The Morgan fingerprint density at radius 1 is 1.32 bits per heavy atom. The van der Waals surface area contributed by atoms with Gasteiger partial charge in [-0.1, -0.05) is 18.6 Å². The summed E-state index contributed by atoms with van der Waals surface area (Å²) in [5.74, 6) is 0.943. The first-order chi connectivity index (χ1) is 9.07. The Hall–Kier alpha value is -1.53. The molecule has 1 N–H and O–H groups in total. The van der Waals surface area contributed by atoms with Crippen molar-refractivity contribution >= 4 is 0 Å². The minimum Gasteiger partial charge on any atom is -0.496 e. The first-order valence-electron chi connectivity index (χ1n) is 6.81. The van der Waals surface area contributed by atoms with E-state index in [9.17, 15) is 5.26 Å². The summed E-state index contributed by atoms with van der Waals surface area (Å²) in [6.45, 7) is 4.11. The fraction of sp³-hybridized carbons (Fsp3) is 0.562. The van der Waals surface area contributed by atoms with Crippen molar-refractivity contribution in [2.24, 2.45) is 5.41 Å². The quantitative estimate of drug-likeness (QED) is 0.901. The topological polar surface area (TPSA) is 45.0 Å². The smallest absolute Gasteiger partial charge is 0.124 e. The van der Waals surface area contributed by atoms with E-state index in [4.69, 9.17) is 4.74 Å². The zero-order chi connectivity index (χ0) is 14.0. The summed E-state index contributed by atoms with van der Waals surface area (Å²) in [5.41, 5.74) is 3.22. The molecule has 2 rings (SSSR count). The normalized spacial score (nSPS) is 18.3. The van der Waals surface area contributed by atoms with Crippen LogP contribution in [0.15, 0.2) is 12.1 Å². The molecule has 0 bridgehead atoms. The predicted molar refractivity (Wildman–Crippen MR) is 76.2 cm³/mol. The molecule has 1 saturated carbocycles. The second kappa shape index (κ2) is 5.22. The fourth-order valence-electron chi connectivity index (χ4n) is 3.26. The second-order valence-corrected chi connectivity index (χ2v) is 5.53. The van der Waals surface area contributed by atoms with Crippen LogP contribution < -0.4 is 10.1 Å². The fourth-order valence-corrected chi connectivity index (χ4v) is 3.26. The lowest BCUT2D eigenvalue weighted by molar-refractivity contribution is 0.149. The standard InChI is InChI=1S/C16H22N2O/c1-11-8-13(9-12(2)14(11)19-4)15(18-3)16(10-17)6-5-7-16/h8-9,15,18H,5-7H2,1-4H3. The molecule has 3 nitrogen and oxygen atoms in total. The van der Waals surface area contributed by atoms with E-state index in [-0.39, 0.29) is 11.5 Å². The molecule has 0 aromatic heterocycles. The van der Waals surface area contributed by atoms with Gasteiger partial charge in [-0.2, -0.15) is 5.26 Å². The van der Waals surface area contributed by atoms with E-state index in [1.54, 1.807) is 7.11 Å². The number of nitrogens with zero attached hydrogens (tertiary/aromatic N) is 1. The summed E-state index contributed by atoms with van der Waals surface area (Å²) in [6.07, 6.45) is 3.12. The van der Waals surface area contributed by atoms with E-state index in [2.05, 4.69) is 37.4 Å². The maximum Gasteiger partial charge on any atom is 0.124 e. The monoisotopic (exact) mass is 258 g/mol. The minimum absolute atomic E-state index is 0.106. The van der Waals surface area contributed by atoms with E-state index < -0.39 is 0 Å². The Labute approximate surface area is 115 Å². The number of hydrogen-bond donors (Lipinski definition) is 1. The number of methoxy groups -OCH3 is 1. The van der Waals surface area contributed by atoms with Crippen LogP contribution in [0.2, 0.25) is 0 Å². The highest BCUT2D eigenvalue weighted by atomic mass is 16.5. The van der Waals surface area contributed by atoms with Crippen molar-refractivity contribution in [3.05, 3.63) is 28.8 Å². The van der Waals surface area contributed by atoms with Crippen LogP contribution in [0.4, 0.5) is 0 Å². The van der Waals surface area contributed by atoms with E-state index in [1.807, 2.05) is 7.05 Å². The minimum atomic E-state index is -0.234. The number of ether oxygens (including phenoxy) is 1. The van der Waals surface area contributed by atoms with Gasteiger partial charge in [-0.3, -0.25) is 0 Å². The first kappa shape index (κ1) is 13.9. The van der Waals surface area contributed by atoms with Crippen molar-refractivity contribution in [1.82, 2.24) is 5.32 Å². The number of nitriles is 1. The van der Waals surface area contributed by atoms with Crippen LogP contribution in [-0.4, -0.2) is 14.2 Å². The Kier molecular flexibility index (Phi) is 3.82. The lowest BCUT2D eigenvalue weighted by Gasteiger charge is -2.42. The van der Waals surface area contributed by atoms with E-state index >= 15 is 0 Å². The van der Waals surface area contributed by atoms with Gasteiger partial charge in [-0.25, -0.2) is 0 Å². The molecule has 102 valence electrons. The van der Waals surface area contributed by atoms with Gasteiger partial charge in [-0.05, 0) is 50.4 Å². The van der Waals surface area contributed by atoms with Gasteiger partial charge in [0.05, 0.1) is 24.6 Å². The average molecular weight is 258 g/mol. The molecule has 1 aliphatic carbocycles. The van der Waals surface area contributed by atoms with Gasteiger partial charge in [0.25, 0.3) is 0 Å².